The Morgan fingerprint density at radius 1 is 1.25 bits per heavy atom. The summed E-state index contributed by atoms with van der Waals surface area (Å²) in [5.41, 5.74) is 5.77. The molecule has 3 aromatic rings. The molecule has 0 aliphatic carbocycles. The molecule has 1 amide bonds. The number of benzene rings is 1. The standard InChI is InChI=1S/C27H31N7O2/c1-17(34-12-10-33(3)11-13-34)8-9-23(28-2)32-21-16-30-25(20-15-31-27(35)24(20)21)19-14-29-26-18(19)6-5-7-22(26)36-4/h5-9,14,16,29,32H,2,10-13,15H2,1,3-4H3,(H,31,35)/b17-8+,23-9+. The predicted octanol–water partition coefficient (Wildman–Crippen LogP) is 3.59. The second-order valence-electron chi connectivity index (χ2n) is 9.08. The van der Waals surface area contributed by atoms with E-state index in [-0.39, 0.29) is 5.91 Å². The number of hydrogen-bond acceptors (Lipinski definition) is 7. The number of carbonyl (C=O) groups excluding carboxylic acids is 1. The lowest BCUT2D eigenvalue weighted by atomic mass is 10.0. The molecule has 36 heavy (non-hydrogen) atoms. The van der Waals surface area contributed by atoms with Crippen LogP contribution in [0.4, 0.5) is 5.69 Å². The number of amides is 1. The molecule has 0 radical (unpaired) electrons. The van der Waals surface area contributed by atoms with Crippen LogP contribution in [0.5, 0.6) is 5.75 Å². The quantitative estimate of drug-likeness (QED) is 0.350. The van der Waals surface area contributed by atoms with Crippen LogP contribution in [-0.4, -0.2) is 72.7 Å². The smallest absolute Gasteiger partial charge is 0.254 e. The van der Waals surface area contributed by atoms with E-state index in [1.165, 1.54) is 0 Å². The summed E-state index contributed by atoms with van der Waals surface area (Å²) in [6, 6.07) is 5.88. The van der Waals surface area contributed by atoms with Crippen molar-refractivity contribution in [1.29, 1.82) is 0 Å². The molecule has 0 saturated carbocycles. The number of anilines is 1. The van der Waals surface area contributed by atoms with Gasteiger partial charge in [0.05, 0.1) is 35.8 Å². The van der Waals surface area contributed by atoms with Gasteiger partial charge >= 0.3 is 0 Å². The molecule has 0 atom stereocenters. The number of nitrogens with zero attached hydrogens (tertiary/aromatic N) is 4. The zero-order valence-corrected chi connectivity index (χ0v) is 20.9. The number of aliphatic imine (C=N–C) groups is 1. The van der Waals surface area contributed by atoms with Crippen molar-refractivity contribution >= 4 is 29.2 Å². The number of hydrogen-bond donors (Lipinski definition) is 3. The number of methoxy groups -OCH3 is 1. The average Bonchev–Trinajstić information content (AvgIpc) is 3.51. The fraction of sp³-hybridized carbons (Fsp3) is 0.296. The molecule has 1 fully saturated rings. The number of H-pyrrole nitrogens is 1. The summed E-state index contributed by atoms with van der Waals surface area (Å²) >= 11 is 0. The summed E-state index contributed by atoms with van der Waals surface area (Å²) in [5, 5.41) is 7.19. The van der Waals surface area contributed by atoms with E-state index in [9.17, 15) is 4.79 Å². The zero-order valence-electron chi connectivity index (χ0n) is 20.9. The van der Waals surface area contributed by atoms with Crippen molar-refractivity contribution in [3.05, 3.63) is 65.4 Å². The van der Waals surface area contributed by atoms with Gasteiger partial charge in [0.15, 0.2) is 0 Å². The summed E-state index contributed by atoms with van der Waals surface area (Å²) in [6.45, 7) is 10.3. The molecule has 0 bridgehead atoms. The van der Waals surface area contributed by atoms with Crippen LogP contribution < -0.4 is 15.4 Å². The van der Waals surface area contributed by atoms with Crippen molar-refractivity contribution in [2.75, 3.05) is 45.7 Å². The number of rotatable bonds is 7. The Morgan fingerprint density at radius 3 is 2.81 bits per heavy atom. The molecule has 3 N–H and O–H groups in total. The normalized spacial score (nSPS) is 16.8. The molecule has 2 aliphatic rings. The Labute approximate surface area is 210 Å². The third-order valence-corrected chi connectivity index (χ3v) is 6.90. The van der Waals surface area contributed by atoms with Gasteiger partial charge in [-0.15, -0.1) is 0 Å². The second kappa shape index (κ2) is 9.87. The average molecular weight is 486 g/mol. The van der Waals surface area contributed by atoms with Crippen molar-refractivity contribution in [1.82, 2.24) is 25.1 Å². The van der Waals surface area contributed by atoms with Gasteiger partial charge in [-0.1, -0.05) is 12.1 Å². The number of piperazine rings is 1. The summed E-state index contributed by atoms with van der Waals surface area (Å²) in [4.78, 5) is 29.7. The largest absolute Gasteiger partial charge is 0.495 e. The lowest BCUT2D eigenvalue weighted by molar-refractivity contribution is 0.0966. The van der Waals surface area contributed by atoms with E-state index in [4.69, 9.17) is 9.72 Å². The minimum absolute atomic E-state index is 0.138. The number of aromatic nitrogens is 2. The SMILES string of the molecule is C=N/C(=C\C=C(/C)N1CCN(C)CC1)Nc1cnc(-c2c[nH]c3c(OC)cccc23)c2c1C(=O)NC2. The molecule has 1 saturated heterocycles. The zero-order chi connectivity index (χ0) is 25.2. The third kappa shape index (κ3) is 4.33. The summed E-state index contributed by atoms with van der Waals surface area (Å²) < 4.78 is 5.48. The van der Waals surface area contributed by atoms with Crippen LogP contribution in [0.1, 0.15) is 22.8 Å². The number of likely N-dealkylation sites (N-methyl/N-ethyl adjacent to an activating group) is 1. The van der Waals surface area contributed by atoms with E-state index in [0.29, 0.717) is 23.6 Å². The van der Waals surface area contributed by atoms with Gasteiger partial charge in [0.25, 0.3) is 5.91 Å². The highest BCUT2D eigenvalue weighted by atomic mass is 16.5. The van der Waals surface area contributed by atoms with Gasteiger partial charge in [0.1, 0.15) is 11.6 Å². The Kier molecular flexibility index (Phi) is 6.47. The Hall–Kier alpha value is -4.11. The van der Waals surface area contributed by atoms with Gasteiger partial charge in [0, 0.05) is 61.1 Å². The van der Waals surface area contributed by atoms with Crippen molar-refractivity contribution < 1.29 is 9.53 Å². The van der Waals surface area contributed by atoms with Gasteiger partial charge in [0.2, 0.25) is 0 Å². The summed E-state index contributed by atoms with van der Waals surface area (Å²) in [6.07, 6.45) is 7.52. The number of carbonyl (C=O) groups is 1. The minimum Gasteiger partial charge on any atom is -0.495 e. The fourth-order valence-electron chi connectivity index (χ4n) is 4.80. The molecular formula is C27H31N7O2. The van der Waals surface area contributed by atoms with Crippen LogP contribution in [-0.2, 0) is 6.54 Å². The van der Waals surface area contributed by atoms with Crippen LogP contribution >= 0.6 is 0 Å². The molecular weight excluding hydrogens is 454 g/mol. The number of nitrogens with one attached hydrogen (secondary N) is 3. The van der Waals surface area contributed by atoms with Gasteiger partial charge < -0.3 is 30.2 Å². The van der Waals surface area contributed by atoms with Crippen LogP contribution in [0.3, 0.4) is 0 Å². The van der Waals surface area contributed by atoms with Gasteiger partial charge in [-0.2, -0.15) is 0 Å². The maximum absolute atomic E-state index is 12.8. The number of fused-ring (bicyclic) bond motifs is 2. The van der Waals surface area contributed by atoms with Gasteiger partial charge in [-0.25, -0.2) is 4.99 Å². The maximum atomic E-state index is 12.8. The van der Waals surface area contributed by atoms with Crippen molar-refractivity contribution in [3.8, 4) is 17.0 Å². The molecule has 9 heteroatoms. The predicted molar refractivity (Wildman–Crippen MR) is 143 cm³/mol. The van der Waals surface area contributed by atoms with Crippen molar-refractivity contribution in [3.63, 3.8) is 0 Å². The van der Waals surface area contributed by atoms with Crippen LogP contribution in [0, 0.1) is 0 Å². The molecule has 5 rings (SSSR count). The number of aromatic amines is 1. The molecule has 4 heterocycles. The van der Waals surface area contributed by atoms with E-state index in [2.05, 4.69) is 51.1 Å². The fourth-order valence-corrected chi connectivity index (χ4v) is 4.80. The van der Waals surface area contributed by atoms with E-state index in [1.54, 1.807) is 13.3 Å². The van der Waals surface area contributed by atoms with Crippen molar-refractivity contribution in [2.24, 2.45) is 4.99 Å². The first kappa shape index (κ1) is 23.6. The molecule has 2 aliphatic heterocycles. The number of para-hydroxylation sites is 1. The van der Waals surface area contributed by atoms with E-state index in [1.807, 2.05) is 36.5 Å². The van der Waals surface area contributed by atoms with E-state index >= 15 is 0 Å². The highest BCUT2D eigenvalue weighted by Crippen LogP contribution is 2.37. The van der Waals surface area contributed by atoms with Crippen LogP contribution in [0.15, 0.2) is 59.3 Å². The number of pyridine rings is 1. The Balaban J connectivity index is 1.46. The first-order chi connectivity index (χ1) is 17.5. The van der Waals surface area contributed by atoms with Gasteiger partial charge in [-0.3, -0.25) is 9.78 Å². The maximum Gasteiger partial charge on any atom is 0.254 e. The minimum atomic E-state index is -0.138. The van der Waals surface area contributed by atoms with Crippen molar-refractivity contribution in [2.45, 2.75) is 13.5 Å². The van der Waals surface area contributed by atoms with E-state index in [0.717, 1.165) is 65.3 Å². The molecule has 0 unspecified atom stereocenters. The monoisotopic (exact) mass is 485 g/mol. The number of ether oxygens (including phenoxy) is 1. The van der Waals surface area contributed by atoms with Crippen LogP contribution in [0.2, 0.25) is 0 Å². The molecule has 186 valence electrons. The third-order valence-electron chi connectivity index (χ3n) is 6.90. The Bertz CT molecular complexity index is 1380. The second-order valence-corrected chi connectivity index (χ2v) is 9.08. The lowest BCUT2D eigenvalue weighted by Gasteiger charge is -2.34. The van der Waals surface area contributed by atoms with E-state index < -0.39 is 0 Å². The Morgan fingerprint density at radius 2 is 2.06 bits per heavy atom. The first-order valence-corrected chi connectivity index (χ1v) is 12.0. The molecule has 2 aromatic heterocycles. The summed E-state index contributed by atoms with van der Waals surface area (Å²) in [7, 11) is 3.79. The molecule has 9 nitrogen and oxygen atoms in total. The van der Waals surface area contributed by atoms with Gasteiger partial charge in [-0.05, 0) is 38.9 Å². The first-order valence-electron chi connectivity index (χ1n) is 12.0. The summed E-state index contributed by atoms with van der Waals surface area (Å²) in [5.74, 6) is 1.17. The van der Waals surface area contributed by atoms with Crippen LogP contribution in [0.25, 0.3) is 22.2 Å². The topological polar surface area (TPSA) is 97.9 Å². The highest BCUT2D eigenvalue weighted by molar-refractivity contribution is 6.07. The number of allylic oxidation sites excluding steroid dienone is 3. The lowest BCUT2D eigenvalue weighted by Crippen LogP contribution is -2.43. The molecule has 0 spiro atoms. The molecule has 1 aromatic carbocycles. The highest BCUT2D eigenvalue weighted by Gasteiger charge is 2.28.